The number of rotatable bonds is 6. The average Bonchev–Trinajstić information content (AvgIpc) is 2.46. The van der Waals surface area contributed by atoms with Gasteiger partial charge >= 0.3 is 0 Å². The number of aromatic nitrogens is 1. The Morgan fingerprint density at radius 2 is 2.32 bits per heavy atom. The van der Waals surface area contributed by atoms with Crippen molar-refractivity contribution in [3.8, 4) is 0 Å². The second-order valence-corrected chi connectivity index (χ2v) is 5.21. The molecule has 106 valence electrons. The zero-order valence-electron chi connectivity index (χ0n) is 11.8. The molecule has 1 atom stereocenters. The highest BCUT2D eigenvalue weighted by Gasteiger charge is 2.22. The van der Waals surface area contributed by atoms with Crippen molar-refractivity contribution in [1.82, 2.24) is 4.98 Å². The first-order valence-electron chi connectivity index (χ1n) is 7.41. The van der Waals surface area contributed by atoms with E-state index in [2.05, 4.69) is 28.2 Å². The third-order valence-corrected chi connectivity index (χ3v) is 3.72. The number of nitrogens with one attached hydrogen (secondary N) is 1. The number of aliphatic hydroxyl groups excluding tert-OH is 1. The van der Waals surface area contributed by atoms with Crippen molar-refractivity contribution in [3.63, 3.8) is 0 Å². The Balaban J connectivity index is 2.09. The zero-order chi connectivity index (χ0) is 13.5. The summed E-state index contributed by atoms with van der Waals surface area (Å²) in [5.74, 6) is 0. The van der Waals surface area contributed by atoms with Crippen LogP contribution in [0.5, 0.6) is 0 Å². The van der Waals surface area contributed by atoms with Crippen LogP contribution in [0.2, 0.25) is 0 Å². The Labute approximate surface area is 115 Å². The quantitative estimate of drug-likeness (QED) is 0.828. The second-order valence-electron chi connectivity index (χ2n) is 5.21. The molecule has 1 aromatic heterocycles. The lowest BCUT2D eigenvalue weighted by molar-refractivity contribution is 0.262. The fraction of sp³-hybridized carbons (Fsp3) is 0.667. The molecule has 2 heterocycles. The molecule has 2 N–H and O–H groups in total. The van der Waals surface area contributed by atoms with Gasteiger partial charge in [-0.1, -0.05) is 6.92 Å². The van der Waals surface area contributed by atoms with E-state index < -0.39 is 0 Å². The minimum atomic E-state index is 0.266. The molecule has 1 fully saturated rings. The highest BCUT2D eigenvalue weighted by atomic mass is 16.3. The summed E-state index contributed by atoms with van der Waals surface area (Å²) in [6, 6.07) is 2.64. The molecule has 4 nitrogen and oxygen atoms in total. The molecule has 4 heteroatoms. The summed E-state index contributed by atoms with van der Waals surface area (Å²) in [5.41, 5.74) is 2.27. The fourth-order valence-corrected chi connectivity index (χ4v) is 2.74. The van der Waals surface area contributed by atoms with Crippen LogP contribution in [0.3, 0.4) is 0 Å². The van der Waals surface area contributed by atoms with E-state index in [9.17, 15) is 5.11 Å². The molecule has 1 aliphatic rings. The van der Waals surface area contributed by atoms with Crippen molar-refractivity contribution in [1.29, 1.82) is 0 Å². The Hall–Kier alpha value is -1.29. The van der Waals surface area contributed by atoms with Crippen molar-refractivity contribution in [2.75, 3.05) is 29.9 Å². The van der Waals surface area contributed by atoms with E-state index in [0.717, 1.165) is 31.6 Å². The third kappa shape index (κ3) is 3.83. The highest BCUT2D eigenvalue weighted by molar-refractivity contribution is 5.56. The van der Waals surface area contributed by atoms with Crippen LogP contribution in [0.4, 0.5) is 11.4 Å². The summed E-state index contributed by atoms with van der Waals surface area (Å²) in [7, 11) is 0. The number of aliphatic hydroxyl groups is 1. The van der Waals surface area contributed by atoms with E-state index >= 15 is 0 Å². The summed E-state index contributed by atoms with van der Waals surface area (Å²) in [6.45, 7) is 4.48. The van der Waals surface area contributed by atoms with Gasteiger partial charge in [-0.15, -0.1) is 0 Å². The third-order valence-electron chi connectivity index (χ3n) is 3.72. The van der Waals surface area contributed by atoms with Gasteiger partial charge in [0.15, 0.2) is 0 Å². The molecular formula is C15H25N3O. The Morgan fingerprint density at radius 3 is 3.11 bits per heavy atom. The normalized spacial score (nSPS) is 19.5. The maximum atomic E-state index is 9.20. The van der Waals surface area contributed by atoms with Gasteiger partial charge in [0, 0.05) is 25.7 Å². The number of anilines is 2. The van der Waals surface area contributed by atoms with Gasteiger partial charge in [-0.05, 0) is 38.2 Å². The van der Waals surface area contributed by atoms with Crippen molar-refractivity contribution in [2.24, 2.45) is 0 Å². The molecule has 2 rings (SSSR count). The Morgan fingerprint density at radius 1 is 1.42 bits per heavy atom. The predicted molar refractivity (Wildman–Crippen MR) is 79.7 cm³/mol. The van der Waals surface area contributed by atoms with Crippen LogP contribution in [0.15, 0.2) is 18.5 Å². The molecule has 1 aliphatic heterocycles. The minimum Gasteiger partial charge on any atom is -0.396 e. The van der Waals surface area contributed by atoms with E-state index in [0.29, 0.717) is 6.04 Å². The lowest BCUT2D eigenvalue weighted by Crippen LogP contribution is -2.40. The molecule has 0 saturated carbocycles. The van der Waals surface area contributed by atoms with Gasteiger partial charge in [0.05, 0.1) is 23.8 Å². The molecule has 0 amide bonds. The predicted octanol–water partition coefficient (Wildman–Crippen LogP) is 2.64. The van der Waals surface area contributed by atoms with Crippen LogP contribution in [0, 0.1) is 0 Å². The molecule has 0 aromatic carbocycles. The Kier molecular flexibility index (Phi) is 5.45. The van der Waals surface area contributed by atoms with Crippen molar-refractivity contribution in [3.05, 3.63) is 18.5 Å². The molecule has 1 aromatic rings. The van der Waals surface area contributed by atoms with E-state index in [-0.39, 0.29) is 6.61 Å². The van der Waals surface area contributed by atoms with Gasteiger partial charge in [-0.25, -0.2) is 0 Å². The molecule has 1 unspecified atom stereocenters. The second kappa shape index (κ2) is 7.34. The molecule has 0 spiro atoms. The van der Waals surface area contributed by atoms with Gasteiger partial charge in [0.25, 0.3) is 0 Å². The van der Waals surface area contributed by atoms with Crippen LogP contribution >= 0.6 is 0 Å². The van der Waals surface area contributed by atoms with Crippen molar-refractivity contribution >= 4 is 11.4 Å². The van der Waals surface area contributed by atoms with Gasteiger partial charge in [-0.3, -0.25) is 4.98 Å². The van der Waals surface area contributed by atoms with Gasteiger partial charge in [-0.2, -0.15) is 0 Å². The molecule has 19 heavy (non-hydrogen) atoms. The number of nitrogens with zero attached hydrogens (tertiary/aromatic N) is 2. The average molecular weight is 263 g/mol. The van der Waals surface area contributed by atoms with Gasteiger partial charge < -0.3 is 15.3 Å². The first-order valence-corrected chi connectivity index (χ1v) is 7.41. The van der Waals surface area contributed by atoms with Crippen LogP contribution < -0.4 is 10.2 Å². The zero-order valence-corrected chi connectivity index (χ0v) is 11.8. The van der Waals surface area contributed by atoms with Crippen LogP contribution in [0.1, 0.15) is 39.0 Å². The van der Waals surface area contributed by atoms with Crippen LogP contribution in [0.25, 0.3) is 0 Å². The van der Waals surface area contributed by atoms with E-state index in [1.807, 2.05) is 12.4 Å². The molecule has 0 aliphatic carbocycles. The first-order chi connectivity index (χ1) is 9.35. The molecule has 0 bridgehead atoms. The van der Waals surface area contributed by atoms with E-state index in [1.165, 1.54) is 24.9 Å². The lowest BCUT2D eigenvalue weighted by Gasteiger charge is -2.37. The largest absolute Gasteiger partial charge is 0.396 e. The summed E-state index contributed by atoms with van der Waals surface area (Å²) in [6.07, 6.45) is 9.45. The maximum Gasteiger partial charge on any atom is 0.0576 e. The maximum absolute atomic E-state index is 9.20. The van der Waals surface area contributed by atoms with Crippen LogP contribution in [-0.2, 0) is 0 Å². The monoisotopic (exact) mass is 263 g/mol. The van der Waals surface area contributed by atoms with Crippen molar-refractivity contribution < 1.29 is 5.11 Å². The molecule has 0 radical (unpaired) electrons. The highest BCUT2D eigenvalue weighted by Crippen LogP contribution is 2.27. The van der Waals surface area contributed by atoms with E-state index in [1.54, 1.807) is 0 Å². The summed E-state index contributed by atoms with van der Waals surface area (Å²) < 4.78 is 0. The summed E-state index contributed by atoms with van der Waals surface area (Å²) >= 11 is 0. The smallest absolute Gasteiger partial charge is 0.0576 e. The van der Waals surface area contributed by atoms with Crippen LogP contribution in [-0.4, -0.2) is 35.8 Å². The number of pyridine rings is 1. The number of hydrogen-bond acceptors (Lipinski definition) is 4. The number of hydrogen-bond donors (Lipinski definition) is 2. The van der Waals surface area contributed by atoms with Crippen molar-refractivity contribution in [2.45, 2.75) is 45.1 Å². The lowest BCUT2D eigenvalue weighted by atomic mass is 9.99. The fourth-order valence-electron chi connectivity index (χ4n) is 2.74. The standard InChI is InChI=1S/C15H25N3O/c1-2-7-17-13-10-15(12-16-11-13)18-8-4-3-5-14(18)6-9-19/h10-12,14,17,19H,2-9H2,1H3. The first kappa shape index (κ1) is 14.1. The summed E-state index contributed by atoms with van der Waals surface area (Å²) in [4.78, 5) is 6.75. The van der Waals surface area contributed by atoms with E-state index in [4.69, 9.17) is 0 Å². The summed E-state index contributed by atoms with van der Waals surface area (Å²) in [5, 5.41) is 12.6. The van der Waals surface area contributed by atoms with Gasteiger partial charge in [0.1, 0.15) is 0 Å². The topological polar surface area (TPSA) is 48.4 Å². The Bertz CT molecular complexity index is 381. The molecule has 1 saturated heterocycles. The van der Waals surface area contributed by atoms with Gasteiger partial charge in [0.2, 0.25) is 0 Å². The number of piperidine rings is 1. The SMILES string of the molecule is CCCNc1cncc(N2CCCCC2CCO)c1. The minimum absolute atomic E-state index is 0.266. The molecular weight excluding hydrogens is 238 g/mol.